The Hall–Kier alpha value is -0.650. The summed E-state index contributed by atoms with van der Waals surface area (Å²) in [5, 5.41) is 6.72. The number of methoxy groups -OCH3 is 1. The number of rotatable bonds is 5. The van der Waals surface area contributed by atoms with Gasteiger partial charge in [-0.25, -0.2) is 0 Å². The third-order valence-corrected chi connectivity index (χ3v) is 6.42. The molecule has 0 radical (unpaired) electrons. The highest BCUT2D eigenvalue weighted by Crippen LogP contribution is 2.30. The fourth-order valence-corrected chi connectivity index (χ4v) is 4.81. The van der Waals surface area contributed by atoms with E-state index in [1.165, 1.54) is 32.1 Å². The highest BCUT2D eigenvalue weighted by atomic mass is 16.5. The zero-order valence-electron chi connectivity index (χ0n) is 15.3. The third-order valence-electron chi connectivity index (χ3n) is 6.42. The number of hydrogen-bond acceptors (Lipinski definition) is 4. The normalized spacial score (nSPS) is 27.0. The van der Waals surface area contributed by atoms with E-state index in [-0.39, 0.29) is 11.3 Å². The molecule has 0 spiro atoms. The summed E-state index contributed by atoms with van der Waals surface area (Å²) in [6, 6.07) is 1.15. The first kappa shape index (κ1) is 18.2. The van der Waals surface area contributed by atoms with Crippen LogP contribution in [-0.4, -0.2) is 62.8 Å². The van der Waals surface area contributed by atoms with E-state index in [2.05, 4.69) is 15.5 Å². The van der Waals surface area contributed by atoms with E-state index in [1.807, 2.05) is 0 Å². The number of amides is 1. The van der Waals surface area contributed by atoms with E-state index in [1.54, 1.807) is 7.11 Å². The van der Waals surface area contributed by atoms with Crippen molar-refractivity contribution in [3.8, 4) is 0 Å². The molecule has 3 rings (SSSR count). The van der Waals surface area contributed by atoms with Gasteiger partial charge >= 0.3 is 0 Å². The molecule has 1 saturated carbocycles. The van der Waals surface area contributed by atoms with Crippen LogP contribution >= 0.6 is 0 Å². The maximum atomic E-state index is 12.9. The molecular weight excluding hydrogens is 302 g/mol. The molecule has 0 bridgehead atoms. The number of ether oxygens (including phenoxy) is 1. The Morgan fingerprint density at radius 1 is 1.12 bits per heavy atom. The monoisotopic (exact) mass is 337 g/mol. The van der Waals surface area contributed by atoms with Crippen LogP contribution in [0.2, 0.25) is 0 Å². The maximum Gasteiger partial charge on any atom is 0.228 e. The summed E-state index contributed by atoms with van der Waals surface area (Å²) in [5.41, 5.74) is -0.319. The van der Waals surface area contributed by atoms with E-state index in [0.717, 1.165) is 57.9 Å². The van der Waals surface area contributed by atoms with Gasteiger partial charge in [0.25, 0.3) is 0 Å². The Kier molecular flexibility index (Phi) is 6.53. The average molecular weight is 338 g/mol. The van der Waals surface area contributed by atoms with E-state index in [0.29, 0.717) is 12.6 Å². The van der Waals surface area contributed by atoms with Crippen LogP contribution in [0.4, 0.5) is 0 Å². The van der Waals surface area contributed by atoms with Gasteiger partial charge in [0, 0.05) is 32.3 Å². The van der Waals surface area contributed by atoms with Gasteiger partial charge in [-0.2, -0.15) is 0 Å². The molecule has 1 aliphatic carbocycles. The minimum atomic E-state index is -0.319. The lowest BCUT2D eigenvalue weighted by molar-refractivity contribution is -0.137. The number of hydrogen-bond donors (Lipinski definition) is 2. The molecule has 0 atom stereocenters. The van der Waals surface area contributed by atoms with Crippen molar-refractivity contribution in [1.29, 1.82) is 0 Å². The van der Waals surface area contributed by atoms with Crippen molar-refractivity contribution in [3.63, 3.8) is 0 Å². The molecule has 2 aliphatic heterocycles. The molecule has 3 fully saturated rings. The second-order valence-corrected chi connectivity index (χ2v) is 8.04. The molecule has 5 heteroatoms. The first-order chi connectivity index (χ1) is 11.7. The minimum absolute atomic E-state index is 0.224. The van der Waals surface area contributed by atoms with Gasteiger partial charge in [0.15, 0.2) is 0 Å². The lowest BCUT2D eigenvalue weighted by Crippen LogP contribution is -2.55. The molecule has 0 aromatic heterocycles. The largest absolute Gasteiger partial charge is 0.384 e. The molecule has 0 aromatic rings. The van der Waals surface area contributed by atoms with Gasteiger partial charge < -0.3 is 20.3 Å². The van der Waals surface area contributed by atoms with Crippen molar-refractivity contribution in [2.24, 2.45) is 5.41 Å². The van der Waals surface area contributed by atoms with E-state index in [4.69, 9.17) is 4.74 Å². The zero-order chi connectivity index (χ0) is 16.8. The fraction of sp³-hybridized carbons (Fsp3) is 0.947. The molecule has 1 amide bonds. The van der Waals surface area contributed by atoms with Gasteiger partial charge in [0.1, 0.15) is 0 Å². The van der Waals surface area contributed by atoms with E-state index >= 15 is 0 Å². The van der Waals surface area contributed by atoms with Crippen molar-refractivity contribution in [3.05, 3.63) is 0 Å². The van der Waals surface area contributed by atoms with Crippen molar-refractivity contribution in [2.45, 2.75) is 69.9 Å². The van der Waals surface area contributed by atoms with Gasteiger partial charge in [0.2, 0.25) is 5.91 Å². The highest BCUT2D eigenvalue weighted by molar-refractivity contribution is 5.83. The van der Waals surface area contributed by atoms with Gasteiger partial charge in [-0.3, -0.25) is 4.79 Å². The SMILES string of the molecule is COCC1(C(=O)NC2CCN(C3CCCCC3)CC2)CCNCC1. The van der Waals surface area contributed by atoms with E-state index < -0.39 is 0 Å². The van der Waals surface area contributed by atoms with Crippen LogP contribution in [0.25, 0.3) is 0 Å². The van der Waals surface area contributed by atoms with Crippen molar-refractivity contribution >= 4 is 5.91 Å². The second kappa shape index (κ2) is 8.63. The standard InChI is InChI=1S/C19H35N3O2/c1-24-15-19(9-11-20-12-10-19)18(23)21-16-7-13-22(14-8-16)17-5-3-2-4-6-17/h16-17,20H,2-15H2,1H3,(H,21,23). The Morgan fingerprint density at radius 2 is 1.79 bits per heavy atom. The van der Waals surface area contributed by atoms with E-state index in [9.17, 15) is 4.79 Å². The van der Waals surface area contributed by atoms with Crippen LogP contribution in [0.15, 0.2) is 0 Å². The molecule has 2 N–H and O–H groups in total. The minimum Gasteiger partial charge on any atom is -0.384 e. The summed E-state index contributed by atoms with van der Waals surface area (Å²) < 4.78 is 5.39. The number of likely N-dealkylation sites (tertiary alicyclic amines) is 1. The molecule has 138 valence electrons. The van der Waals surface area contributed by atoms with Crippen molar-refractivity contribution in [1.82, 2.24) is 15.5 Å². The fourth-order valence-electron chi connectivity index (χ4n) is 4.81. The smallest absolute Gasteiger partial charge is 0.228 e. The molecule has 2 saturated heterocycles. The maximum absolute atomic E-state index is 12.9. The number of nitrogens with one attached hydrogen (secondary N) is 2. The molecule has 5 nitrogen and oxygen atoms in total. The van der Waals surface area contributed by atoms with Crippen LogP contribution in [0.5, 0.6) is 0 Å². The third kappa shape index (κ3) is 4.30. The number of carbonyl (C=O) groups excluding carboxylic acids is 1. The predicted octanol–water partition coefficient (Wildman–Crippen LogP) is 1.92. The van der Waals surface area contributed by atoms with Crippen LogP contribution in [0, 0.1) is 5.41 Å². The van der Waals surface area contributed by atoms with Gasteiger partial charge in [-0.15, -0.1) is 0 Å². The van der Waals surface area contributed by atoms with Crippen molar-refractivity contribution < 1.29 is 9.53 Å². The zero-order valence-corrected chi connectivity index (χ0v) is 15.3. The first-order valence-electron chi connectivity index (χ1n) is 9.98. The first-order valence-corrected chi connectivity index (χ1v) is 9.98. The molecule has 24 heavy (non-hydrogen) atoms. The molecule has 2 heterocycles. The summed E-state index contributed by atoms with van der Waals surface area (Å²) in [4.78, 5) is 15.6. The van der Waals surface area contributed by atoms with Crippen LogP contribution in [0.3, 0.4) is 0 Å². The highest BCUT2D eigenvalue weighted by Gasteiger charge is 2.40. The van der Waals surface area contributed by atoms with Gasteiger partial charge in [0.05, 0.1) is 12.0 Å². The molecule has 0 unspecified atom stereocenters. The topological polar surface area (TPSA) is 53.6 Å². The Balaban J connectivity index is 1.48. The Bertz CT molecular complexity index is 390. The molecule has 3 aliphatic rings. The summed E-state index contributed by atoms with van der Waals surface area (Å²) in [7, 11) is 1.71. The summed E-state index contributed by atoms with van der Waals surface area (Å²) >= 11 is 0. The van der Waals surface area contributed by atoms with Crippen LogP contribution < -0.4 is 10.6 Å². The number of nitrogens with zero attached hydrogens (tertiary/aromatic N) is 1. The quantitative estimate of drug-likeness (QED) is 0.805. The predicted molar refractivity (Wildman–Crippen MR) is 96.0 cm³/mol. The molecular formula is C19H35N3O2. The van der Waals surface area contributed by atoms with Crippen LogP contribution in [-0.2, 0) is 9.53 Å². The average Bonchev–Trinajstić information content (AvgIpc) is 2.64. The summed E-state index contributed by atoms with van der Waals surface area (Å²) in [6.07, 6.45) is 10.9. The van der Waals surface area contributed by atoms with Crippen molar-refractivity contribution in [2.75, 3.05) is 39.9 Å². The number of carbonyl (C=O) groups is 1. The molecule has 0 aromatic carbocycles. The Morgan fingerprint density at radius 3 is 2.42 bits per heavy atom. The summed E-state index contributed by atoms with van der Waals surface area (Å²) in [5.74, 6) is 0.224. The lowest BCUT2D eigenvalue weighted by Gasteiger charge is -2.41. The lowest BCUT2D eigenvalue weighted by atomic mass is 9.78. The number of piperidine rings is 2. The van der Waals surface area contributed by atoms with Gasteiger partial charge in [-0.05, 0) is 51.6 Å². The van der Waals surface area contributed by atoms with Gasteiger partial charge in [-0.1, -0.05) is 19.3 Å². The second-order valence-electron chi connectivity index (χ2n) is 8.04. The Labute approximate surface area is 146 Å². The van der Waals surface area contributed by atoms with Crippen LogP contribution in [0.1, 0.15) is 57.8 Å². The summed E-state index contributed by atoms with van der Waals surface area (Å²) in [6.45, 7) is 4.66.